The third-order valence-electron chi connectivity index (χ3n) is 6.87. The average molecular weight is 606 g/mol. The molecular weight excluding hydrogens is 541 g/mol. The Morgan fingerprint density at radius 3 is 1.76 bits per heavy atom. The number of ether oxygens (including phenoxy) is 2. The van der Waals surface area contributed by atoms with E-state index >= 15 is 0 Å². The molecule has 0 saturated heterocycles. The summed E-state index contributed by atoms with van der Waals surface area (Å²) >= 11 is 0. The van der Waals surface area contributed by atoms with E-state index in [1.54, 1.807) is 6.92 Å². The van der Waals surface area contributed by atoms with Gasteiger partial charge in [0, 0.05) is 13.0 Å². The Morgan fingerprint density at radius 1 is 0.732 bits per heavy atom. The first kappa shape index (κ1) is 40.2. The number of unbranched alkanes of at least 4 members (excludes halogenated alkanes) is 15. The molecule has 9 heteroatoms. The summed E-state index contributed by atoms with van der Waals surface area (Å²) in [5.74, 6) is -0.423. The van der Waals surface area contributed by atoms with Gasteiger partial charge in [0.15, 0.2) is 0 Å². The Morgan fingerprint density at radius 2 is 1.24 bits per heavy atom. The number of quaternary nitrogens is 1. The highest BCUT2D eigenvalue weighted by atomic mass is 31.2. The topological polar surface area (TPSA) is 94.1 Å². The van der Waals surface area contributed by atoms with Crippen molar-refractivity contribution in [2.24, 2.45) is 0 Å². The summed E-state index contributed by atoms with van der Waals surface area (Å²) in [6, 6.07) is 0. The summed E-state index contributed by atoms with van der Waals surface area (Å²) in [6.07, 6.45) is 25.9. The fourth-order valence-electron chi connectivity index (χ4n) is 4.22. The van der Waals surface area contributed by atoms with Crippen LogP contribution in [0.1, 0.15) is 129 Å². The van der Waals surface area contributed by atoms with Gasteiger partial charge >= 0.3 is 5.97 Å². The van der Waals surface area contributed by atoms with Crippen molar-refractivity contribution in [3.8, 4) is 0 Å². The van der Waals surface area contributed by atoms with Crippen molar-refractivity contribution in [2.45, 2.75) is 136 Å². The van der Waals surface area contributed by atoms with Crippen LogP contribution in [0, 0.1) is 0 Å². The van der Waals surface area contributed by atoms with Crippen LogP contribution in [-0.2, 0) is 27.9 Å². The van der Waals surface area contributed by atoms with Crippen LogP contribution >= 0.6 is 7.82 Å². The predicted octanol–water partition coefficient (Wildman–Crippen LogP) is 7.74. The van der Waals surface area contributed by atoms with E-state index in [2.05, 4.69) is 19.1 Å². The van der Waals surface area contributed by atoms with Gasteiger partial charge in [-0.3, -0.25) is 9.36 Å². The van der Waals surface area contributed by atoms with Crippen LogP contribution in [-0.4, -0.2) is 70.7 Å². The summed E-state index contributed by atoms with van der Waals surface area (Å²) in [6.45, 7) is 4.82. The predicted molar refractivity (Wildman–Crippen MR) is 167 cm³/mol. The number of rotatable bonds is 30. The van der Waals surface area contributed by atoms with E-state index in [0.717, 1.165) is 12.8 Å². The van der Waals surface area contributed by atoms with Crippen LogP contribution in [0.5, 0.6) is 0 Å². The van der Waals surface area contributed by atoms with E-state index in [-0.39, 0.29) is 26.2 Å². The van der Waals surface area contributed by atoms with Gasteiger partial charge < -0.3 is 27.9 Å². The molecule has 0 saturated carbocycles. The van der Waals surface area contributed by atoms with Crippen LogP contribution in [0.25, 0.3) is 0 Å². The fraction of sp³-hybridized carbons (Fsp3) is 0.906. The van der Waals surface area contributed by atoms with Gasteiger partial charge in [-0.15, -0.1) is 0 Å². The van der Waals surface area contributed by atoms with Gasteiger partial charge in [-0.25, -0.2) is 0 Å². The van der Waals surface area contributed by atoms with Crippen LogP contribution in [0.4, 0.5) is 0 Å². The van der Waals surface area contributed by atoms with Crippen LogP contribution in [0.2, 0.25) is 0 Å². The molecule has 0 aromatic rings. The number of allylic oxidation sites excluding steroid dienone is 2. The molecule has 0 heterocycles. The molecule has 0 aliphatic heterocycles. The number of hydrogen-bond acceptors (Lipinski definition) is 7. The van der Waals surface area contributed by atoms with E-state index in [1.807, 2.05) is 21.1 Å². The lowest BCUT2D eigenvalue weighted by Gasteiger charge is -2.28. The number of carbonyl (C=O) groups excluding carboxylic acids is 1. The monoisotopic (exact) mass is 605 g/mol. The second kappa shape index (κ2) is 26.8. The van der Waals surface area contributed by atoms with Gasteiger partial charge in [-0.05, 0) is 32.1 Å². The lowest BCUT2D eigenvalue weighted by Crippen LogP contribution is -2.37. The molecule has 0 aromatic heterocycles. The van der Waals surface area contributed by atoms with Crippen LogP contribution in [0.15, 0.2) is 12.2 Å². The maximum absolute atomic E-state index is 12.0. The highest BCUT2D eigenvalue weighted by Gasteiger charge is 2.19. The number of nitrogens with zero attached hydrogens (tertiary/aromatic N) is 1. The number of likely N-dealkylation sites (N-methyl/N-ethyl adjacent to an activating group) is 1. The van der Waals surface area contributed by atoms with Crippen molar-refractivity contribution < 1.29 is 37.3 Å². The van der Waals surface area contributed by atoms with Gasteiger partial charge in [0.1, 0.15) is 19.3 Å². The van der Waals surface area contributed by atoms with Crippen molar-refractivity contribution in [3.63, 3.8) is 0 Å². The smallest absolute Gasteiger partial charge is 0.305 e. The molecule has 2 atom stereocenters. The molecule has 41 heavy (non-hydrogen) atoms. The number of hydrogen-bond donors (Lipinski definition) is 0. The molecule has 8 nitrogen and oxygen atoms in total. The molecule has 0 N–H and O–H groups in total. The molecule has 0 amide bonds. The maximum atomic E-state index is 12.0. The van der Waals surface area contributed by atoms with Crippen molar-refractivity contribution >= 4 is 13.8 Å². The normalized spacial score (nSPS) is 14.4. The van der Waals surface area contributed by atoms with E-state index in [1.165, 1.54) is 96.3 Å². The molecule has 0 aromatic carbocycles. The van der Waals surface area contributed by atoms with Crippen molar-refractivity contribution in [3.05, 3.63) is 12.2 Å². The summed E-state index contributed by atoms with van der Waals surface area (Å²) < 4.78 is 33.4. The Hall–Kier alpha value is -0.760. The molecule has 0 bridgehead atoms. The summed E-state index contributed by atoms with van der Waals surface area (Å²) in [4.78, 5) is 23.8. The first-order valence-electron chi connectivity index (χ1n) is 16.4. The van der Waals surface area contributed by atoms with E-state index in [9.17, 15) is 14.3 Å². The first-order chi connectivity index (χ1) is 19.6. The van der Waals surface area contributed by atoms with E-state index in [0.29, 0.717) is 17.6 Å². The third kappa shape index (κ3) is 30.5. The van der Waals surface area contributed by atoms with Gasteiger partial charge in [-0.2, -0.15) is 0 Å². The quantitative estimate of drug-likeness (QED) is 0.0272. The Kier molecular flexibility index (Phi) is 26.3. The molecule has 0 rings (SSSR count). The van der Waals surface area contributed by atoms with Gasteiger partial charge in [0.25, 0.3) is 7.82 Å². The summed E-state index contributed by atoms with van der Waals surface area (Å²) in [7, 11) is 1.35. The van der Waals surface area contributed by atoms with Crippen molar-refractivity contribution in [1.82, 2.24) is 0 Å². The maximum Gasteiger partial charge on any atom is 0.305 e. The number of phosphoric ester groups is 1. The second-order valence-electron chi connectivity index (χ2n) is 12.1. The fourth-order valence-corrected chi connectivity index (χ4v) is 4.95. The number of phosphoric acid groups is 1. The summed E-state index contributed by atoms with van der Waals surface area (Å²) in [5.41, 5.74) is 0. The minimum Gasteiger partial charge on any atom is -0.756 e. The summed E-state index contributed by atoms with van der Waals surface area (Å²) in [5, 5.41) is 0. The first-order valence-corrected chi connectivity index (χ1v) is 17.9. The molecule has 244 valence electrons. The highest BCUT2D eigenvalue weighted by molar-refractivity contribution is 7.45. The largest absolute Gasteiger partial charge is 0.756 e. The molecule has 0 aliphatic rings. The van der Waals surface area contributed by atoms with Crippen molar-refractivity contribution in [1.29, 1.82) is 0 Å². The lowest BCUT2D eigenvalue weighted by molar-refractivity contribution is -0.870. The molecular formula is C32H64NO7P. The number of carbonyl (C=O) groups is 1. The van der Waals surface area contributed by atoms with Gasteiger partial charge in [0.2, 0.25) is 0 Å². The minimum absolute atomic E-state index is 0.0247. The zero-order chi connectivity index (χ0) is 30.7. The molecule has 0 fully saturated rings. The Labute approximate surface area is 252 Å². The number of esters is 1. The average Bonchev–Trinajstić information content (AvgIpc) is 2.91. The van der Waals surface area contributed by atoms with Crippen LogP contribution in [0.3, 0.4) is 0 Å². The zero-order valence-electron chi connectivity index (χ0n) is 27.2. The van der Waals surface area contributed by atoms with E-state index < -0.39 is 19.9 Å². The molecule has 0 spiro atoms. The van der Waals surface area contributed by atoms with Crippen molar-refractivity contribution in [2.75, 3.05) is 54.1 Å². The molecule has 0 aliphatic carbocycles. The Bertz CT molecular complexity index is 681. The standard InChI is InChI=1S/C32H64NO7P/c1-6-8-9-10-11-12-13-14-15-16-17-18-19-20-21-22-23-24-25-27-37-29-31(40-32(34)7-2)30-39-41(35,36)38-28-26-33(3,4)5/h15-16,31H,6-14,17-30H2,1-5H3/b16-15-. The third-order valence-corrected chi connectivity index (χ3v) is 7.84. The second-order valence-corrected chi connectivity index (χ2v) is 13.5. The Balaban J connectivity index is 3.77. The lowest BCUT2D eigenvalue weighted by atomic mass is 10.1. The van der Waals surface area contributed by atoms with Crippen LogP contribution < -0.4 is 4.89 Å². The zero-order valence-corrected chi connectivity index (χ0v) is 28.1. The van der Waals surface area contributed by atoms with Gasteiger partial charge in [-0.1, -0.05) is 103 Å². The SMILES string of the molecule is CCCCCCCCC/C=C\CCCCCCCCCCOCC(COP(=O)([O-])OCC[N+](C)(C)C)OC(=O)CC. The minimum atomic E-state index is -4.48. The highest BCUT2D eigenvalue weighted by Crippen LogP contribution is 2.38. The molecule has 2 unspecified atom stereocenters. The molecule has 0 radical (unpaired) electrons. The van der Waals surface area contributed by atoms with Gasteiger partial charge in [0.05, 0.1) is 34.4 Å². The van der Waals surface area contributed by atoms with E-state index in [4.69, 9.17) is 18.5 Å².